The Kier molecular flexibility index (Phi) is 5.99. The number of anilines is 1. The van der Waals surface area contributed by atoms with Gasteiger partial charge in [0.05, 0.1) is 0 Å². The lowest BCUT2D eigenvalue weighted by Crippen LogP contribution is -2.47. The van der Waals surface area contributed by atoms with E-state index in [0.717, 1.165) is 5.56 Å². The largest absolute Gasteiger partial charge is 0.340 e. The van der Waals surface area contributed by atoms with Gasteiger partial charge in [-0.1, -0.05) is 49.2 Å². The molecule has 0 bridgehead atoms. The fraction of sp³-hybridized carbons (Fsp3) is 0.263. The number of rotatable bonds is 5. The molecule has 1 atom stereocenters. The van der Waals surface area contributed by atoms with Crippen molar-refractivity contribution in [2.75, 3.05) is 5.32 Å². The maximum absolute atomic E-state index is 12.5. The van der Waals surface area contributed by atoms with Crippen LogP contribution in [0.3, 0.4) is 0 Å². The van der Waals surface area contributed by atoms with E-state index in [1.165, 1.54) is 0 Å². The third-order valence-electron chi connectivity index (χ3n) is 3.64. The Morgan fingerprint density at radius 3 is 2.29 bits per heavy atom. The summed E-state index contributed by atoms with van der Waals surface area (Å²) in [5.41, 5.74) is 2.20. The lowest BCUT2D eigenvalue weighted by Gasteiger charge is -2.22. The molecule has 24 heavy (non-hydrogen) atoms. The summed E-state index contributed by atoms with van der Waals surface area (Å²) < 4.78 is 0. The van der Waals surface area contributed by atoms with Crippen molar-refractivity contribution in [1.29, 1.82) is 0 Å². The van der Waals surface area contributed by atoms with Gasteiger partial charge in [-0.05, 0) is 43.2 Å². The maximum Gasteiger partial charge on any atom is 0.251 e. The minimum atomic E-state index is -0.641. The van der Waals surface area contributed by atoms with Gasteiger partial charge in [-0.15, -0.1) is 0 Å². The van der Waals surface area contributed by atoms with Crippen LogP contribution in [0.4, 0.5) is 5.69 Å². The zero-order valence-electron chi connectivity index (χ0n) is 14.0. The number of nitrogens with one attached hydrogen (secondary N) is 2. The fourth-order valence-corrected chi connectivity index (χ4v) is 2.44. The van der Waals surface area contributed by atoms with Crippen LogP contribution in [0.1, 0.15) is 29.8 Å². The van der Waals surface area contributed by atoms with Crippen molar-refractivity contribution < 1.29 is 9.59 Å². The summed E-state index contributed by atoms with van der Waals surface area (Å²) in [6, 6.07) is 13.5. The van der Waals surface area contributed by atoms with Crippen molar-refractivity contribution in [2.45, 2.75) is 26.8 Å². The number of amides is 2. The number of hydrogen-bond acceptors (Lipinski definition) is 2. The first-order chi connectivity index (χ1) is 11.4. The summed E-state index contributed by atoms with van der Waals surface area (Å²) >= 11 is 5.93. The van der Waals surface area contributed by atoms with Crippen LogP contribution in [0, 0.1) is 12.8 Å². The van der Waals surface area contributed by atoms with E-state index in [4.69, 9.17) is 11.6 Å². The van der Waals surface area contributed by atoms with Gasteiger partial charge in [0.1, 0.15) is 6.04 Å². The standard InChI is InChI=1S/C19H21ClN2O2/c1-12(2)17(19(24)21-16-6-4-5-15(20)11-16)22-18(23)14-9-7-13(3)8-10-14/h4-12,17H,1-3H3,(H,21,24)(H,22,23). The van der Waals surface area contributed by atoms with Crippen molar-refractivity contribution in [3.8, 4) is 0 Å². The Balaban J connectivity index is 2.09. The minimum Gasteiger partial charge on any atom is -0.340 e. The van der Waals surface area contributed by atoms with E-state index in [1.54, 1.807) is 36.4 Å². The van der Waals surface area contributed by atoms with Gasteiger partial charge in [0.15, 0.2) is 0 Å². The fourth-order valence-electron chi connectivity index (χ4n) is 2.25. The molecular weight excluding hydrogens is 324 g/mol. The molecule has 0 spiro atoms. The van der Waals surface area contributed by atoms with E-state index >= 15 is 0 Å². The van der Waals surface area contributed by atoms with Crippen LogP contribution in [-0.2, 0) is 4.79 Å². The number of carbonyl (C=O) groups excluding carboxylic acids is 2. The monoisotopic (exact) mass is 344 g/mol. The van der Waals surface area contributed by atoms with E-state index in [-0.39, 0.29) is 17.7 Å². The number of benzene rings is 2. The van der Waals surface area contributed by atoms with E-state index < -0.39 is 6.04 Å². The maximum atomic E-state index is 12.5. The molecule has 0 fully saturated rings. The first-order valence-corrected chi connectivity index (χ1v) is 8.18. The lowest BCUT2D eigenvalue weighted by molar-refractivity contribution is -0.118. The Labute approximate surface area is 147 Å². The second-order valence-corrected chi connectivity index (χ2v) is 6.50. The molecule has 2 N–H and O–H groups in total. The number of carbonyl (C=O) groups is 2. The van der Waals surface area contributed by atoms with Crippen LogP contribution in [0.15, 0.2) is 48.5 Å². The molecule has 5 heteroatoms. The van der Waals surface area contributed by atoms with E-state index in [1.807, 2.05) is 32.9 Å². The first-order valence-electron chi connectivity index (χ1n) is 7.81. The summed E-state index contributed by atoms with van der Waals surface area (Å²) in [6.45, 7) is 5.73. The summed E-state index contributed by atoms with van der Waals surface area (Å²) in [4.78, 5) is 24.9. The molecule has 0 radical (unpaired) electrons. The normalized spacial score (nSPS) is 11.9. The van der Waals surface area contributed by atoms with Gasteiger partial charge < -0.3 is 10.6 Å². The van der Waals surface area contributed by atoms with Crippen LogP contribution in [0.2, 0.25) is 5.02 Å². The highest BCUT2D eigenvalue weighted by Gasteiger charge is 2.24. The number of hydrogen-bond donors (Lipinski definition) is 2. The average Bonchev–Trinajstić information content (AvgIpc) is 2.52. The molecule has 0 aliphatic heterocycles. The summed E-state index contributed by atoms with van der Waals surface area (Å²) in [7, 11) is 0. The molecule has 2 rings (SSSR count). The van der Waals surface area contributed by atoms with Crippen molar-refractivity contribution in [1.82, 2.24) is 5.32 Å². The topological polar surface area (TPSA) is 58.2 Å². The molecule has 126 valence electrons. The van der Waals surface area contributed by atoms with E-state index in [2.05, 4.69) is 10.6 Å². The Morgan fingerprint density at radius 2 is 1.71 bits per heavy atom. The van der Waals surface area contributed by atoms with E-state index in [0.29, 0.717) is 16.3 Å². The van der Waals surface area contributed by atoms with Gasteiger partial charge in [-0.3, -0.25) is 9.59 Å². The third kappa shape index (κ3) is 4.83. The lowest BCUT2D eigenvalue weighted by atomic mass is 10.0. The number of halogens is 1. The highest BCUT2D eigenvalue weighted by Crippen LogP contribution is 2.16. The predicted octanol–water partition coefficient (Wildman–Crippen LogP) is 4.04. The van der Waals surface area contributed by atoms with Crippen LogP contribution in [0.25, 0.3) is 0 Å². The predicted molar refractivity (Wildman–Crippen MR) is 97.4 cm³/mol. The smallest absolute Gasteiger partial charge is 0.251 e. The molecule has 0 saturated heterocycles. The van der Waals surface area contributed by atoms with Crippen LogP contribution < -0.4 is 10.6 Å². The molecule has 2 amide bonds. The SMILES string of the molecule is Cc1ccc(C(=O)NC(C(=O)Nc2cccc(Cl)c2)C(C)C)cc1. The third-order valence-corrected chi connectivity index (χ3v) is 3.88. The molecule has 0 heterocycles. The van der Waals surface area contributed by atoms with Gasteiger partial charge in [0, 0.05) is 16.3 Å². The van der Waals surface area contributed by atoms with Crippen LogP contribution in [0.5, 0.6) is 0 Å². The molecule has 1 unspecified atom stereocenters. The summed E-state index contributed by atoms with van der Waals surface area (Å²) in [5.74, 6) is -0.596. The second kappa shape index (κ2) is 7.97. The zero-order valence-corrected chi connectivity index (χ0v) is 14.7. The Bertz CT molecular complexity index is 726. The van der Waals surface area contributed by atoms with Gasteiger partial charge in [0.25, 0.3) is 5.91 Å². The van der Waals surface area contributed by atoms with Crippen molar-refractivity contribution >= 4 is 29.1 Å². The second-order valence-electron chi connectivity index (χ2n) is 6.06. The van der Waals surface area contributed by atoms with E-state index in [9.17, 15) is 9.59 Å². The van der Waals surface area contributed by atoms with Gasteiger partial charge >= 0.3 is 0 Å². The summed E-state index contributed by atoms with van der Waals surface area (Å²) in [6.07, 6.45) is 0. The Hall–Kier alpha value is -2.33. The highest BCUT2D eigenvalue weighted by molar-refractivity contribution is 6.30. The molecule has 2 aromatic carbocycles. The van der Waals surface area contributed by atoms with Crippen LogP contribution >= 0.6 is 11.6 Å². The molecule has 0 aliphatic carbocycles. The van der Waals surface area contributed by atoms with Gasteiger partial charge in [-0.25, -0.2) is 0 Å². The van der Waals surface area contributed by atoms with Gasteiger partial charge in [-0.2, -0.15) is 0 Å². The minimum absolute atomic E-state index is 0.0569. The van der Waals surface area contributed by atoms with Crippen molar-refractivity contribution in [2.24, 2.45) is 5.92 Å². The first kappa shape index (κ1) is 18.0. The molecule has 2 aromatic rings. The Morgan fingerprint density at radius 1 is 1.04 bits per heavy atom. The van der Waals surface area contributed by atoms with Crippen molar-refractivity contribution in [3.63, 3.8) is 0 Å². The highest BCUT2D eigenvalue weighted by atomic mass is 35.5. The molecular formula is C19H21ClN2O2. The average molecular weight is 345 g/mol. The zero-order chi connectivity index (χ0) is 17.7. The molecule has 0 aliphatic rings. The molecule has 4 nitrogen and oxygen atoms in total. The molecule has 0 aromatic heterocycles. The van der Waals surface area contributed by atoms with Gasteiger partial charge in [0.2, 0.25) is 5.91 Å². The van der Waals surface area contributed by atoms with Crippen LogP contribution in [-0.4, -0.2) is 17.9 Å². The molecule has 0 saturated carbocycles. The quantitative estimate of drug-likeness (QED) is 0.860. The van der Waals surface area contributed by atoms with Crippen molar-refractivity contribution in [3.05, 3.63) is 64.7 Å². The number of aryl methyl sites for hydroxylation is 1. The summed E-state index contributed by atoms with van der Waals surface area (Å²) in [5, 5.41) is 6.13.